The van der Waals surface area contributed by atoms with E-state index in [4.69, 9.17) is 11.6 Å². The van der Waals surface area contributed by atoms with Crippen LogP contribution >= 0.6 is 11.6 Å². The highest BCUT2D eigenvalue weighted by molar-refractivity contribution is 6.31. The summed E-state index contributed by atoms with van der Waals surface area (Å²) in [7, 11) is 0. The third kappa shape index (κ3) is 4.58. The number of anilines is 1. The van der Waals surface area contributed by atoms with Crippen molar-refractivity contribution in [3.8, 4) is 5.82 Å². The molecule has 8 heteroatoms. The van der Waals surface area contributed by atoms with Gasteiger partial charge in [0.25, 0.3) is 0 Å². The van der Waals surface area contributed by atoms with Crippen molar-refractivity contribution >= 4 is 23.3 Å². The van der Waals surface area contributed by atoms with Crippen LogP contribution < -0.4 is 10.6 Å². The minimum Gasteiger partial charge on any atom is -0.368 e. The van der Waals surface area contributed by atoms with Crippen LogP contribution in [0.15, 0.2) is 55.1 Å². The highest BCUT2D eigenvalue weighted by Crippen LogP contribution is 2.19. The summed E-state index contributed by atoms with van der Waals surface area (Å²) >= 11 is 5.92. The SMILES string of the molecule is O=C(Cc1c(F)cccc1Cl)NCCNc1cc(-n2cccc2)ncn1. The van der Waals surface area contributed by atoms with E-state index in [9.17, 15) is 9.18 Å². The molecular formula is C18H17ClFN5O. The highest BCUT2D eigenvalue weighted by atomic mass is 35.5. The van der Waals surface area contributed by atoms with Crippen molar-refractivity contribution in [1.82, 2.24) is 19.9 Å². The molecule has 3 rings (SSSR count). The Hall–Kier alpha value is -2.93. The maximum absolute atomic E-state index is 13.7. The van der Waals surface area contributed by atoms with Crippen molar-refractivity contribution in [3.05, 3.63) is 71.5 Å². The molecule has 6 nitrogen and oxygen atoms in total. The standard InChI is InChI=1S/C18H17ClFN5O/c19-14-4-3-5-15(20)13(14)10-18(26)22-7-6-21-16-11-17(24-12-23-16)25-8-1-2-9-25/h1-5,8-9,11-12H,6-7,10H2,(H,22,26)(H,21,23,24). The van der Waals surface area contributed by atoms with E-state index in [-0.39, 0.29) is 22.9 Å². The summed E-state index contributed by atoms with van der Waals surface area (Å²) < 4.78 is 15.5. The van der Waals surface area contributed by atoms with Gasteiger partial charge in [-0.15, -0.1) is 0 Å². The summed E-state index contributed by atoms with van der Waals surface area (Å²) in [6, 6.07) is 9.98. The first-order chi connectivity index (χ1) is 12.6. The fraction of sp³-hybridized carbons (Fsp3) is 0.167. The van der Waals surface area contributed by atoms with Crippen LogP contribution in [0.2, 0.25) is 5.02 Å². The lowest BCUT2D eigenvalue weighted by Crippen LogP contribution is -2.30. The number of halogens is 2. The highest BCUT2D eigenvalue weighted by Gasteiger charge is 2.11. The second kappa shape index (κ2) is 8.44. The molecule has 0 saturated heterocycles. The molecule has 0 aliphatic heterocycles. The zero-order valence-electron chi connectivity index (χ0n) is 13.8. The fourth-order valence-electron chi connectivity index (χ4n) is 2.39. The van der Waals surface area contributed by atoms with Gasteiger partial charge in [0.15, 0.2) is 0 Å². The van der Waals surface area contributed by atoms with Gasteiger partial charge in [0.2, 0.25) is 5.91 Å². The van der Waals surface area contributed by atoms with Crippen LogP contribution in [0.5, 0.6) is 0 Å². The Kier molecular flexibility index (Phi) is 5.80. The Labute approximate surface area is 155 Å². The monoisotopic (exact) mass is 373 g/mol. The average molecular weight is 374 g/mol. The Bertz CT molecular complexity index is 865. The van der Waals surface area contributed by atoms with Crippen LogP contribution in [0.4, 0.5) is 10.2 Å². The molecule has 0 saturated carbocycles. The smallest absolute Gasteiger partial charge is 0.224 e. The Balaban J connectivity index is 1.47. The second-order valence-corrected chi connectivity index (χ2v) is 5.91. The van der Waals surface area contributed by atoms with Crippen LogP contribution in [0.25, 0.3) is 5.82 Å². The van der Waals surface area contributed by atoms with E-state index in [1.54, 1.807) is 12.1 Å². The zero-order chi connectivity index (χ0) is 18.4. The van der Waals surface area contributed by atoms with Gasteiger partial charge in [-0.25, -0.2) is 14.4 Å². The molecule has 0 spiro atoms. The van der Waals surface area contributed by atoms with Crippen LogP contribution in [0, 0.1) is 5.82 Å². The lowest BCUT2D eigenvalue weighted by atomic mass is 10.1. The van der Waals surface area contributed by atoms with Gasteiger partial charge in [0, 0.05) is 42.1 Å². The molecule has 0 unspecified atom stereocenters. The summed E-state index contributed by atoms with van der Waals surface area (Å²) in [5, 5.41) is 6.08. The van der Waals surface area contributed by atoms with Crippen molar-refractivity contribution in [1.29, 1.82) is 0 Å². The normalized spacial score (nSPS) is 10.5. The van der Waals surface area contributed by atoms with E-state index in [1.807, 2.05) is 29.1 Å². The molecule has 2 heterocycles. The first-order valence-corrected chi connectivity index (χ1v) is 8.40. The number of rotatable bonds is 7. The number of carbonyl (C=O) groups is 1. The lowest BCUT2D eigenvalue weighted by molar-refractivity contribution is -0.120. The van der Waals surface area contributed by atoms with Crippen molar-refractivity contribution in [2.24, 2.45) is 0 Å². The molecule has 2 N–H and O–H groups in total. The molecule has 2 aromatic heterocycles. The summed E-state index contributed by atoms with van der Waals surface area (Å²) in [6.45, 7) is 0.840. The van der Waals surface area contributed by atoms with E-state index in [0.29, 0.717) is 18.9 Å². The maximum atomic E-state index is 13.7. The van der Waals surface area contributed by atoms with E-state index in [0.717, 1.165) is 5.82 Å². The quantitative estimate of drug-likeness (QED) is 0.625. The number of nitrogens with zero attached hydrogens (tertiary/aromatic N) is 3. The summed E-state index contributed by atoms with van der Waals surface area (Å²) in [6.07, 6.45) is 5.15. The number of amides is 1. The number of nitrogens with one attached hydrogen (secondary N) is 2. The van der Waals surface area contributed by atoms with E-state index in [1.165, 1.54) is 18.5 Å². The first-order valence-electron chi connectivity index (χ1n) is 8.02. The summed E-state index contributed by atoms with van der Waals surface area (Å²) in [4.78, 5) is 20.3. The van der Waals surface area contributed by atoms with Gasteiger partial charge < -0.3 is 15.2 Å². The third-order valence-electron chi connectivity index (χ3n) is 3.67. The molecule has 0 aliphatic rings. The molecular weight excluding hydrogens is 357 g/mol. The number of carbonyl (C=O) groups excluding carboxylic acids is 1. The lowest BCUT2D eigenvalue weighted by Gasteiger charge is -2.09. The number of hydrogen-bond donors (Lipinski definition) is 2. The van der Waals surface area contributed by atoms with Crippen LogP contribution in [0.1, 0.15) is 5.56 Å². The van der Waals surface area contributed by atoms with Gasteiger partial charge in [-0.05, 0) is 24.3 Å². The van der Waals surface area contributed by atoms with E-state index >= 15 is 0 Å². The van der Waals surface area contributed by atoms with Gasteiger partial charge >= 0.3 is 0 Å². The van der Waals surface area contributed by atoms with Gasteiger partial charge in [-0.1, -0.05) is 17.7 Å². The van der Waals surface area contributed by atoms with E-state index in [2.05, 4.69) is 20.6 Å². The Morgan fingerprint density at radius 3 is 2.73 bits per heavy atom. The molecule has 0 radical (unpaired) electrons. The topological polar surface area (TPSA) is 71.8 Å². The van der Waals surface area contributed by atoms with Crippen molar-refractivity contribution in [2.45, 2.75) is 6.42 Å². The molecule has 0 atom stereocenters. The van der Waals surface area contributed by atoms with Gasteiger partial charge in [-0.2, -0.15) is 0 Å². The predicted molar refractivity (Wildman–Crippen MR) is 98.0 cm³/mol. The molecule has 1 aromatic carbocycles. The van der Waals surface area contributed by atoms with Gasteiger partial charge in [-0.3, -0.25) is 4.79 Å². The number of aromatic nitrogens is 3. The minimum absolute atomic E-state index is 0.100. The molecule has 26 heavy (non-hydrogen) atoms. The summed E-state index contributed by atoms with van der Waals surface area (Å²) in [5.41, 5.74) is 0.201. The molecule has 0 fully saturated rings. The Morgan fingerprint density at radius 1 is 1.15 bits per heavy atom. The van der Waals surface area contributed by atoms with Crippen LogP contribution in [-0.4, -0.2) is 33.5 Å². The third-order valence-corrected chi connectivity index (χ3v) is 4.03. The Morgan fingerprint density at radius 2 is 1.96 bits per heavy atom. The first kappa shape index (κ1) is 17.9. The molecule has 3 aromatic rings. The number of hydrogen-bond acceptors (Lipinski definition) is 4. The molecule has 0 aliphatic carbocycles. The van der Waals surface area contributed by atoms with Crippen molar-refractivity contribution in [2.75, 3.05) is 18.4 Å². The zero-order valence-corrected chi connectivity index (χ0v) is 14.6. The van der Waals surface area contributed by atoms with Crippen molar-refractivity contribution < 1.29 is 9.18 Å². The van der Waals surface area contributed by atoms with Gasteiger partial charge in [0.05, 0.1) is 6.42 Å². The van der Waals surface area contributed by atoms with E-state index < -0.39 is 5.82 Å². The second-order valence-electron chi connectivity index (χ2n) is 5.51. The maximum Gasteiger partial charge on any atom is 0.224 e. The summed E-state index contributed by atoms with van der Waals surface area (Å²) in [5.74, 6) is 0.611. The van der Waals surface area contributed by atoms with Crippen LogP contribution in [0.3, 0.4) is 0 Å². The molecule has 0 bridgehead atoms. The fourth-order valence-corrected chi connectivity index (χ4v) is 2.62. The largest absolute Gasteiger partial charge is 0.368 e. The average Bonchev–Trinajstić information content (AvgIpc) is 3.17. The van der Waals surface area contributed by atoms with Crippen LogP contribution in [-0.2, 0) is 11.2 Å². The minimum atomic E-state index is -0.482. The molecule has 1 amide bonds. The van der Waals surface area contributed by atoms with Gasteiger partial charge in [0.1, 0.15) is 23.8 Å². The predicted octanol–water partition coefficient (Wildman–Crippen LogP) is 2.83. The van der Waals surface area contributed by atoms with Crippen molar-refractivity contribution in [3.63, 3.8) is 0 Å². The number of benzene rings is 1. The molecule has 134 valence electrons.